The van der Waals surface area contributed by atoms with Crippen LogP contribution in [-0.2, 0) is 4.79 Å². The SMILES string of the molecule is CC(=O)N1C[C@H](C)Nc2ccncc21. The molecule has 0 saturated carbocycles. The lowest BCUT2D eigenvalue weighted by Gasteiger charge is -2.33. The van der Waals surface area contributed by atoms with Crippen LogP contribution in [0.2, 0.25) is 0 Å². The molecule has 74 valence electrons. The number of fused-ring (bicyclic) bond motifs is 1. The highest BCUT2D eigenvalue weighted by atomic mass is 16.2. The molecule has 1 aliphatic rings. The number of carbonyl (C=O) groups is 1. The van der Waals surface area contributed by atoms with Crippen LogP contribution in [0.3, 0.4) is 0 Å². The number of pyridine rings is 1. The molecule has 1 aromatic rings. The highest BCUT2D eigenvalue weighted by molar-refractivity contribution is 5.96. The Morgan fingerprint density at radius 2 is 2.50 bits per heavy atom. The zero-order chi connectivity index (χ0) is 10.1. The lowest BCUT2D eigenvalue weighted by Crippen LogP contribution is -2.42. The number of amides is 1. The average molecular weight is 191 g/mol. The molecule has 0 bridgehead atoms. The van der Waals surface area contributed by atoms with E-state index in [1.165, 1.54) is 0 Å². The van der Waals surface area contributed by atoms with Gasteiger partial charge in [0.2, 0.25) is 5.91 Å². The summed E-state index contributed by atoms with van der Waals surface area (Å²) in [4.78, 5) is 17.2. The van der Waals surface area contributed by atoms with E-state index in [1.54, 1.807) is 24.2 Å². The van der Waals surface area contributed by atoms with E-state index in [-0.39, 0.29) is 11.9 Å². The number of hydrogen-bond donors (Lipinski definition) is 1. The van der Waals surface area contributed by atoms with Gasteiger partial charge >= 0.3 is 0 Å². The van der Waals surface area contributed by atoms with Gasteiger partial charge in [0.1, 0.15) is 0 Å². The Labute approximate surface area is 82.9 Å². The highest BCUT2D eigenvalue weighted by Crippen LogP contribution is 2.29. The molecule has 0 fully saturated rings. The number of nitrogens with one attached hydrogen (secondary N) is 1. The fourth-order valence-corrected chi connectivity index (χ4v) is 1.70. The molecule has 0 unspecified atom stereocenters. The van der Waals surface area contributed by atoms with E-state index in [2.05, 4.69) is 17.2 Å². The van der Waals surface area contributed by atoms with E-state index in [4.69, 9.17) is 0 Å². The second-order valence-electron chi connectivity index (χ2n) is 3.57. The topological polar surface area (TPSA) is 45.2 Å². The molecule has 1 aromatic heterocycles. The van der Waals surface area contributed by atoms with Crippen molar-refractivity contribution in [3.05, 3.63) is 18.5 Å². The van der Waals surface area contributed by atoms with Crippen molar-refractivity contribution in [2.75, 3.05) is 16.8 Å². The van der Waals surface area contributed by atoms with Gasteiger partial charge in [0.25, 0.3) is 0 Å². The minimum atomic E-state index is 0.0626. The average Bonchev–Trinajstić information content (AvgIpc) is 2.16. The van der Waals surface area contributed by atoms with Crippen LogP contribution in [0.25, 0.3) is 0 Å². The molecule has 1 atom stereocenters. The number of nitrogens with zero attached hydrogens (tertiary/aromatic N) is 2. The van der Waals surface area contributed by atoms with Crippen molar-refractivity contribution in [3.63, 3.8) is 0 Å². The third kappa shape index (κ3) is 1.43. The summed E-state index contributed by atoms with van der Waals surface area (Å²) in [7, 11) is 0. The predicted molar refractivity (Wildman–Crippen MR) is 55.3 cm³/mol. The van der Waals surface area contributed by atoms with Gasteiger partial charge in [0, 0.05) is 25.7 Å². The largest absolute Gasteiger partial charge is 0.379 e. The normalized spacial score (nSPS) is 19.9. The van der Waals surface area contributed by atoms with E-state index in [0.29, 0.717) is 6.54 Å². The lowest BCUT2D eigenvalue weighted by molar-refractivity contribution is -0.116. The summed E-state index contributed by atoms with van der Waals surface area (Å²) in [6, 6.07) is 2.18. The molecule has 2 rings (SSSR count). The smallest absolute Gasteiger partial charge is 0.224 e. The Morgan fingerprint density at radius 3 is 3.21 bits per heavy atom. The van der Waals surface area contributed by atoms with Gasteiger partial charge in [0.05, 0.1) is 17.6 Å². The van der Waals surface area contributed by atoms with E-state index in [1.807, 2.05) is 6.07 Å². The van der Waals surface area contributed by atoms with Gasteiger partial charge in [-0.15, -0.1) is 0 Å². The zero-order valence-corrected chi connectivity index (χ0v) is 8.32. The molecule has 14 heavy (non-hydrogen) atoms. The van der Waals surface area contributed by atoms with Crippen LogP contribution in [0.5, 0.6) is 0 Å². The molecule has 0 radical (unpaired) electrons. The van der Waals surface area contributed by atoms with Crippen LogP contribution in [0, 0.1) is 0 Å². The first kappa shape index (κ1) is 8.99. The van der Waals surface area contributed by atoms with Crippen LogP contribution in [-0.4, -0.2) is 23.5 Å². The number of rotatable bonds is 0. The van der Waals surface area contributed by atoms with Crippen molar-refractivity contribution in [1.29, 1.82) is 0 Å². The summed E-state index contributed by atoms with van der Waals surface area (Å²) >= 11 is 0. The van der Waals surface area contributed by atoms with E-state index in [9.17, 15) is 4.79 Å². The van der Waals surface area contributed by atoms with Crippen LogP contribution in [0.15, 0.2) is 18.5 Å². The first-order chi connectivity index (χ1) is 6.68. The van der Waals surface area contributed by atoms with Gasteiger partial charge in [0.15, 0.2) is 0 Å². The highest BCUT2D eigenvalue weighted by Gasteiger charge is 2.23. The Kier molecular flexibility index (Phi) is 2.11. The van der Waals surface area contributed by atoms with Crippen molar-refractivity contribution in [3.8, 4) is 0 Å². The predicted octanol–water partition coefficient (Wildman–Crippen LogP) is 1.25. The molecule has 2 heterocycles. The molecule has 1 aliphatic heterocycles. The van der Waals surface area contributed by atoms with Gasteiger partial charge in [-0.2, -0.15) is 0 Å². The number of hydrogen-bond acceptors (Lipinski definition) is 3. The molecule has 4 nitrogen and oxygen atoms in total. The summed E-state index contributed by atoms with van der Waals surface area (Å²) in [5, 5.41) is 3.31. The number of aromatic nitrogens is 1. The molecule has 4 heteroatoms. The van der Waals surface area contributed by atoms with Gasteiger partial charge in [-0.05, 0) is 13.0 Å². The number of anilines is 2. The zero-order valence-electron chi connectivity index (χ0n) is 8.32. The van der Waals surface area contributed by atoms with Crippen LogP contribution >= 0.6 is 0 Å². The van der Waals surface area contributed by atoms with Gasteiger partial charge in [-0.3, -0.25) is 9.78 Å². The maximum Gasteiger partial charge on any atom is 0.224 e. The van der Waals surface area contributed by atoms with Crippen molar-refractivity contribution in [2.24, 2.45) is 0 Å². The van der Waals surface area contributed by atoms with Gasteiger partial charge in [-0.25, -0.2) is 0 Å². The monoisotopic (exact) mass is 191 g/mol. The molecule has 0 aliphatic carbocycles. The van der Waals surface area contributed by atoms with E-state index in [0.717, 1.165) is 11.4 Å². The van der Waals surface area contributed by atoms with Crippen molar-refractivity contribution in [1.82, 2.24) is 4.98 Å². The Bertz CT molecular complexity index is 364. The lowest BCUT2D eigenvalue weighted by atomic mass is 10.1. The second-order valence-corrected chi connectivity index (χ2v) is 3.57. The molecular weight excluding hydrogens is 178 g/mol. The van der Waals surface area contributed by atoms with Crippen molar-refractivity contribution >= 4 is 17.3 Å². The van der Waals surface area contributed by atoms with Crippen LogP contribution in [0.1, 0.15) is 13.8 Å². The Hall–Kier alpha value is -1.58. The maximum atomic E-state index is 11.4. The summed E-state index contributed by atoms with van der Waals surface area (Å²) in [6.07, 6.45) is 3.44. The maximum absolute atomic E-state index is 11.4. The van der Waals surface area contributed by atoms with Crippen LogP contribution in [0.4, 0.5) is 11.4 Å². The minimum Gasteiger partial charge on any atom is -0.379 e. The van der Waals surface area contributed by atoms with Crippen molar-refractivity contribution in [2.45, 2.75) is 19.9 Å². The molecular formula is C10H13N3O. The summed E-state index contributed by atoms with van der Waals surface area (Å²) < 4.78 is 0. The fourth-order valence-electron chi connectivity index (χ4n) is 1.70. The first-order valence-electron chi connectivity index (χ1n) is 4.67. The molecule has 0 saturated heterocycles. The first-order valence-corrected chi connectivity index (χ1v) is 4.67. The molecule has 1 amide bonds. The van der Waals surface area contributed by atoms with Crippen molar-refractivity contribution < 1.29 is 4.79 Å². The van der Waals surface area contributed by atoms with E-state index < -0.39 is 0 Å². The second kappa shape index (κ2) is 3.29. The molecule has 0 aromatic carbocycles. The van der Waals surface area contributed by atoms with Gasteiger partial charge < -0.3 is 10.2 Å². The molecule has 1 N–H and O–H groups in total. The number of carbonyl (C=O) groups excluding carboxylic acids is 1. The minimum absolute atomic E-state index is 0.0626. The quantitative estimate of drug-likeness (QED) is 0.671. The van der Waals surface area contributed by atoms with Gasteiger partial charge in [-0.1, -0.05) is 0 Å². The third-order valence-electron chi connectivity index (χ3n) is 2.33. The molecule has 0 spiro atoms. The Balaban J connectivity index is 2.43. The summed E-state index contributed by atoms with van der Waals surface area (Å²) in [5.41, 5.74) is 1.85. The Morgan fingerprint density at radius 1 is 1.71 bits per heavy atom. The summed E-state index contributed by atoms with van der Waals surface area (Å²) in [5.74, 6) is 0.0626. The third-order valence-corrected chi connectivity index (χ3v) is 2.33. The summed E-state index contributed by atoms with van der Waals surface area (Å²) in [6.45, 7) is 4.34. The standard InChI is InChI=1S/C10H13N3O/c1-7-6-13(8(2)14)10-5-11-4-3-9(10)12-7/h3-5,7,12H,6H2,1-2H3/t7-/m0/s1. The van der Waals surface area contributed by atoms with Crippen LogP contribution < -0.4 is 10.2 Å². The fraction of sp³-hybridized carbons (Fsp3) is 0.400. The van der Waals surface area contributed by atoms with E-state index >= 15 is 0 Å².